The molecule has 2 N–H and O–H groups in total. The van der Waals surface area contributed by atoms with Crippen molar-refractivity contribution in [1.82, 2.24) is 0 Å². The molecule has 1 rings (SSSR count). The third kappa shape index (κ3) is 4.53. The third-order valence-electron chi connectivity index (χ3n) is 2.41. The van der Waals surface area contributed by atoms with E-state index in [0.717, 1.165) is 7.11 Å². The number of benzene rings is 1. The van der Waals surface area contributed by atoms with Gasteiger partial charge in [0.1, 0.15) is 12.6 Å². The summed E-state index contributed by atoms with van der Waals surface area (Å²) in [6.45, 7) is -0.135. The molecule has 0 radical (unpaired) electrons. The molecule has 0 fully saturated rings. The summed E-state index contributed by atoms with van der Waals surface area (Å²) in [4.78, 5) is 11.5. The summed E-state index contributed by atoms with van der Waals surface area (Å²) in [7, 11) is 0.972. The zero-order valence-corrected chi connectivity index (χ0v) is 10.2. The number of hydrogen-bond donors (Lipinski definition) is 1. The monoisotopic (exact) mass is 277 g/mol. The van der Waals surface area contributed by atoms with Crippen LogP contribution in [0.3, 0.4) is 0 Å². The minimum Gasteiger partial charge on any atom is -0.459 e. The number of esters is 1. The Labute approximate surface area is 108 Å². The van der Waals surface area contributed by atoms with Crippen molar-refractivity contribution in [2.75, 3.05) is 7.11 Å². The van der Waals surface area contributed by atoms with Crippen molar-refractivity contribution >= 4 is 5.97 Å². The molecule has 0 aliphatic rings. The van der Waals surface area contributed by atoms with Crippen molar-refractivity contribution in [1.29, 1.82) is 0 Å². The van der Waals surface area contributed by atoms with Gasteiger partial charge in [-0.25, -0.2) is 4.79 Å². The second-order valence-corrected chi connectivity index (χ2v) is 3.82. The Morgan fingerprint density at radius 3 is 2.37 bits per heavy atom. The van der Waals surface area contributed by atoms with E-state index in [2.05, 4.69) is 4.74 Å². The number of rotatable bonds is 5. The number of nitrogens with two attached hydrogens (primary N) is 1. The van der Waals surface area contributed by atoms with Gasteiger partial charge in [-0.3, -0.25) is 0 Å². The van der Waals surface area contributed by atoms with Crippen LogP contribution >= 0.6 is 0 Å². The zero-order valence-electron chi connectivity index (χ0n) is 10.2. The molecule has 0 aromatic heterocycles. The summed E-state index contributed by atoms with van der Waals surface area (Å²) in [6, 6.07) is 6.15. The van der Waals surface area contributed by atoms with Crippen molar-refractivity contribution in [3.63, 3.8) is 0 Å². The van der Waals surface area contributed by atoms with E-state index in [9.17, 15) is 18.0 Å². The van der Waals surface area contributed by atoms with E-state index in [0.29, 0.717) is 5.56 Å². The molecule has 2 atom stereocenters. The molecular formula is C12H14F3NO3. The van der Waals surface area contributed by atoms with Gasteiger partial charge >= 0.3 is 12.1 Å². The number of alkyl halides is 3. The van der Waals surface area contributed by atoms with Crippen LogP contribution in [0.1, 0.15) is 5.56 Å². The Hall–Kier alpha value is -1.60. The molecule has 0 heterocycles. The van der Waals surface area contributed by atoms with Gasteiger partial charge in [0, 0.05) is 7.11 Å². The van der Waals surface area contributed by atoms with Crippen molar-refractivity contribution < 1.29 is 27.4 Å². The van der Waals surface area contributed by atoms with Crippen LogP contribution in [0.2, 0.25) is 0 Å². The molecule has 0 saturated heterocycles. The maximum atomic E-state index is 12.4. The second kappa shape index (κ2) is 6.53. The van der Waals surface area contributed by atoms with E-state index in [1.54, 1.807) is 30.3 Å². The number of carbonyl (C=O) groups is 1. The predicted octanol–water partition coefficient (Wildman–Crippen LogP) is 1.63. The van der Waals surface area contributed by atoms with Gasteiger partial charge in [0.05, 0.1) is 0 Å². The highest BCUT2D eigenvalue weighted by Gasteiger charge is 2.46. The zero-order chi connectivity index (χ0) is 14.5. The highest BCUT2D eigenvalue weighted by Crippen LogP contribution is 2.22. The molecule has 4 nitrogen and oxygen atoms in total. The van der Waals surface area contributed by atoms with Crippen LogP contribution < -0.4 is 5.73 Å². The summed E-state index contributed by atoms with van der Waals surface area (Å²) in [5.41, 5.74) is 5.58. The lowest BCUT2D eigenvalue weighted by molar-refractivity contribution is -0.190. The number of halogens is 3. The van der Waals surface area contributed by atoms with Crippen LogP contribution in [0.4, 0.5) is 13.2 Å². The summed E-state index contributed by atoms with van der Waals surface area (Å²) in [6.07, 6.45) is -6.60. The van der Waals surface area contributed by atoms with Crippen molar-refractivity contribution in [3.05, 3.63) is 35.9 Å². The molecule has 1 aromatic rings. The molecule has 0 aliphatic heterocycles. The Morgan fingerprint density at radius 2 is 1.89 bits per heavy atom. The van der Waals surface area contributed by atoms with Crippen LogP contribution in [0.15, 0.2) is 30.3 Å². The molecular weight excluding hydrogens is 263 g/mol. The first-order valence-corrected chi connectivity index (χ1v) is 5.42. The first-order chi connectivity index (χ1) is 8.86. The summed E-state index contributed by atoms with van der Waals surface area (Å²) in [5, 5.41) is 0. The van der Waals surface area contributed by atoms with Crippen molar-refractivity contribution in [3.8, 4) is 0 Å². The maximum absolute atomic E-state index is 12.4. The van der Waals surface area contributed by atoms with Gasteiger partial charge in [0.2, 0.25) is 0 Å². The van der Waals surface area contributed by atoms with Crippen molar-refractivity contribution in [2.24, 2.45) is 5.73 Å². The number of ether oxygens (including phenoxy) is 2. The average Bonchev–Trinajstić information content (AvgIpc) is 2.37. The largest absolute Gasteiger partial charge is 0.459 e. The smallest absolute Gasteiger partial charge is 0.406 e. The topological polar surface area (TPSA) is 61.5 Å². The molecule has 0 saturated carbocycles. The van der Waals surface area contributed by atoms with Gasteiger partial charge in [-0.2, -0.15) is 13.2 Å². The average molecular weight is 277 g/mol. The second-order valence-electron chi connectivity index (χ2n) is 3.82. The van der Waals surface area contributed by atoms with Gasteiger partial charge in [0.25, 0.3) is 0 Å². The lowest BCUT2D eigenvalue weighted by Crippen LogP contribution is -2.51. The van der Waals surface area contributed by atoms with Gasteiger partial charge < -0.3 is 15.2 Å². The molecule has 0 spiro atoms. The van der Waals surface area contributed by atoms with Gasteiger partial charge in [-0.15, -0.1) is 0 Å². The highest BCUT2D eigenvalue weighted by molar-refractivity contribution is 5.75. The Morgan fingerprint density at radius 1 is 1.32 bits per heavy atom. The lowest BCUT2D eigenvalue weighted by atomic mass is 10.1. The predicted molar refractivity (Wildman–Crippen MR) is 61.1 cm³/mol. The highest BCUT2D eigenvalue weighted by atomic mass is 19.4. The summed E-state index contributed by atoms with van der Waals surface area (Å²) < 4.78 is 46.4. The van der Waals surface area contributed by atoms with Crippen LogP contribution in [0, 0.1) is 0 Å². The van der Waals surface area contributed by atoms with E-state index >= 15 is 0 Å². The number of hydrogen-bond acceptors (Lipinski definition) is 4. The Kier molecular flexibility index (Phi) is 5.31. The SMILES string of the molecule is CO[C@@H](C(=O)OCc1ccccc1)[C@@H](N)C(F)(F)F. The van der Waals surface area contributed by atoms with Crippen LogP contribution in [-0.4, -0.2) is 31.4 Å². The molecule has 7 heteroatoms. The fourth-order valence-corrected chi connectivity index (χ4v) is 1.37. The van der Waals surface area contributed by atoms with Crippen molar-refractivity contribution in [2.45, 2.75) is 24.9 Å². The third-order valence-corrected chi connectivity index (χ3v) is 2.41. The molecule has 19 heavy (non-hydrogen) atoms. The maximum Gasteiger partial charge on any atom is 0.406 e. The molecule has 0 bridgehead atoms. The van der Waals surface area contributed by atoms with E-state index < -0.39 is 24.3 Å². The summed E-state index contributed by atoms with van der Waals surface area (Å²) in [5.74, 6) is -1.14. The standard InChI is InChI=1S/C12H14F3NO3/c1-18-9(10(16)12(13,14)15)11(17)19-7-8-5-3-2-4-6-8/h2-6,9-10H,7,16H2,1H3/t9-,10-/m1/s1. The minimum atomic E-state index is -4.73. The van der Waals surface area contributed by atoms with E-state index in [-0.39, 0.29) is 6.61 Å². The van der Waals surface area contributed by atoms with Crippen LogP contribution in [0.5, 0.6) is 0 Å². The molecule has 1 aromatic carbocycles. The number of carbonyl (C=O) groups excluding carboxylic acids is 1. The number of methoxy groups -OCH3 is 1. The van der Waals surface area contributed by atoms with Gasteiger partial charge in [-0.05, 0) is 5.56 Å². The summed E-state index contributed by atoms with van der Waals surface area (Å²) >= 11 is 0. The molecule has 0 aliphatic carbocycles. The van der Waals surface area contributed by atoms with E-state index in [1.165, 1.54) is 0 Å². The first-order valence-electron chi connectivity index (χ1n) is 5.42. The van der Waals surface area contributed by atoms with Crippen LogP contribution in [0.25, 0.3) is 0 Å². The normalized spacial score (nSPS) is 14.8. The Balaban J connectivity index is 2.60. The van der Waals surface area contributed by atoms with Gasteiger partial charge in [0.15, 0.2) is 6.10 Å². The Bertz CT molecular complexity index is 408. The minimum absolute atomic E-state index is 0.135. The fraction of sp³-hybridized carbons (Fsp3) is 0.417. The van der Waals surface area contributed by atoms with E-state index in [4.69, 9.17) is 10.5 Å². The lowest BCUT2D eigenvalue weighted by Gasteiger charge is -2.23. The molecule has 0 amide bonds. The first kappa shape index (κ1) is 15.5. The van der Waals surface area contributed by atoms with Gasteiger partial charge in [-0.1, -0.05) is 30.3 Å². The molecule has 106 valence electrons. The molecule has 0 unspecified atom stereocenters. The quantitative estimate of drug-likeness (QED) is 0.831. The van der Waals surface area contributed by atoms with E-state index in [1.807, 2.05) is 0 Å². The van der Waals surface area contributed by atoms with Crippen LogP contribution in [-0.2, 0) is 20.9 Å². The fourth-order valence-electron chi connectivity index (χ4n) is 1.37.